The molecule has 2 aliphatic heterocycles. The molecule has 2 rings (SSSR count). The van der Waals surface area contributed by atoms with E-state index in [1.807, 2.05) is 20.8 Å². The molecule has 2 heterocycles. The fourth-order valence-corrected chi connectivity index (χ4v) is 14.1. The number of ether oxygens (including phenoxy) is 4. The number of carbonyl (C=O) groups is 1. The van der Waals surface area contributed by atoms with E-state index in [4.69, 9.17) is 60.1 Å². The molecule has 2 atom stereocenters. The first-order valence-corrected chi connectivity index (χ1v) is 23.8. The first kappa shape index (κ1) is 49.4. The van der Waals surface area contributed by atoms with Gasteiger partial charge in [-0.3, -0.25) is 0 Å². The molecule has 0 spiro atoms. The van der Waals surface area contributed by atoms with Crippen molar-refractivity contribution in [2.45, 2.75) is 102 Å². The van der Waals surface area contributed by atoms with Crippen LogP contribution >= 0.6 is 0 Å². The van der Waals surface area contributed by atoms with Crippen molar-refractivity contribution < 1.29 is 59.2 Å². The van der Waals surface area contributed by atoms with Crippen LogP contribution in [0.4, 0.5) is 0 Å². The summed E-state index contributed by atoms with van der Waals surface area (Å²) < 4.78 is 66.0. The van der Waals surface area contributed by atoms with Crippen molar-refractivity contribution in [3.8, 4) is 0 Å². The molecule has 2 unspecified atom stereocenters. The van der Waals surface area contributed by atoms with Gasteiger partial charge in [0.15, 0.2) is 0 Å². The lowest BCUT2D eigenvalue weighted by molar-refractivity contribution is -0.139. The Morgan fingerprint density at radius 3 is 1.86 bits per heavy atom. The normalized spacial score (nSPS) is 19.9. The smallest absolute Gasteiger partial charge is 0.462 e. The monoisotopic (exact) mass is 773 g/mol. The largest absolute Gasteiger partial charge is 0.500 e. The van der Waals surface area contributed by atoms with Crippen LogP contribution < -0.4 is 5.73 Å². The van der Waals surface area contributed by atoms with Crippen LogP contribution in [-0.4, -0.2) is 139 Å². The van der Waals surface area contributed by atoms with E-state index in [1.165, 1.54) is 12.8 Å². The molecule has 0 aliphatic carbocycles. The third-order valence-corrected chi connectivity index (χ3v) is 19.0. The molecule has 2 N–H and O–H groups in total. The van der Waals surface area contributed by atoms with Gasteiger partial charge in [0.05, 0.1) is 19.8 Å². The van der Waals surface area contributed by atoms with E-state index >= 15 is 0 Å². The van der Waals surface area contributed by atoms with Crippen LogP contribution in [0, 0.1) is 0 Å². The molecule has 17 heteroatoms. The van der Waals surface area contributed by atoms with Gasteiger partial charge in [-0.15, -0.1) is 0 Å². The first-order valence-electron chi connectivity index (χ1n) is 17.9. The van der Waals surface area contributed by atoms with Crippen LogP contribution in [0.2, 0.25) is 18.1 Å². The topological polar surface area (TPSA) is 157 Å². The lowest BCUT2D eigenvalue weighted by Crippen LogP contribution is -2.64. The maximum absolute atomic E-state index is 11.1. The van der Waals surface area contributed by atoms with Gasteiger partial charge in [0.2, 0.25) is 0 Å². The highest BCUT2D eigenvalue weighted by Crippen LogP contribution is 2.42. The van der Waals surface area contributed by atoms with Crippen LogP contribution in [0.5, 0.6) is 0 Å². The third-order valence-electron chi connectivity index (χ3n) is 8.58. The van der Waals surface area contributed by atoms with Crippen molar-refractivity contribution in [1.29, 1.82) is 0 Å². The molecule has 2 aliphatic rings. The summed E-state index contributed by atoms with van der Waals surface area (Å²) in [6, 6.07) is 2.45. The predicted molar refractivity (Wildman–Crippen MR) is 199 cm³/mol. The van der Waals surface area contributed by atoms with Crippen LogP contribution in [0.15, 0.2) is 12.2 Å². The highest BCUT2D eigenvalue weighted by molar-refractivity contribution is 6.70. The molecular weight excluding hydrogens is 703 g/mol. The van der Waals surface area contributed by atoms with Crippen molar-refractivity contribution in [3.63, 3.8) is 0 Å². The Morgan fingerprint density at radius 2 is 1.42 bits per heavy atom. The van der Waals surface area contributed by atoms with E-state index in [0.717, 1.165) is 57.6 Å². The maximum Gasteiger partial charge on any atom is 0.500 e. The van der Waals surface area contributed by atoms with Gasteiger partial charge >= 0.3 is 32.1 Å². The number of epoxide rings is 1. The average Bonchev–Trinajstić information content (AvgIpc) is 3.96. The summed E-state index contributed by atoms with van der Waals surface area (Å²) in [6.07, 6.45) is 7.19. The Kier molecular flexibility index (Phi) is 27.6. The fraction of sp³-hybridized carbons (Fsp3) is 0.909. The van der Waals surface area contributed by atoms with Crippen molar-refractivity contribution in [2.24, 2.45) is 5.73 Å². The Morgan fingerprint density at radius 1 is 0.860 bits per heavy atom. The lowest BCUT2D eigenvalue weighted by Gasteiger charge is -2.48. The molecule has 298 valence electrons. The summed E-state index contributed by atoms with van der Waals surface area (Å²) in [5.74, 6) is -0.375. The Labute approximate surface area is 306 Å². The molecule has 2 saturated heterocycles. The second-order valence-electron chi connectivity index (χ2n) is 11.9. The minimum absolute atomic E-state index is 0.228. The summed E-state index contributed by atoms with van der Waals surface area (Å²) in [6.45, 7) is 16.2. The van der Waals surface area contributed by atoms with Gasteiger partial charge < -0.3 is 60.1 Å². The number of rotatable bonds is 26. The number of nitrogens with two attached hydrogens (primary N) is 1. The molecule has 0 radical (unpaired) electrons. The van der Waals surface area contributed by atoms with Gasteiger partial charge in [0.1, 0.15) is 11.3 Å². The van der Waals surface area contributed by atoms with E-state index < -0.39 is 26.2 Å². The molecule has 50 heavy (non-hydrogen) atoms. The zero-order chi connectivity index (χ0) is 37.9. The molecule has 0 aromatic heterocycles. The van der Waals surface area contributed by atoms with Gasteiger partial charge in [0.25, 0.3) is 0 Å². The van der Waals surface area contributed by atoms with Crippen molar-refractivity contribution in [3.05, 3.63) is 12.2 Å². The molecule has 14 nitrogen and oxygen atoms in total. The zero-order valence-corrected chi connectivity index (χ0v) is 35.9. The average molecular weight is 774 g/mol. The number of hydrogen-bond donors (Lipinski definition) is 1. The fourth-order valence-electron chi connectivity index (χ4n) is 5.81. The predicted octanol–water partition coefficient (Wildman–Crippen LogP) is 4.78. The molecule has 0 amide bonds. The highest BCUT2D eigenvalue weighted by Gasteiger charge is 2.58. The standard InChI is InChI=1S/C14H28O5Si.C10H20O5Si.C9H23NO3Si/c1-15-14(8-6-9-18-11-13-12-19-13)7-4-5-10-20(14,16-2)17-3;1-9(2)10(11)15-7-6-8-16(12-3,13-4)14-5;1-4-11-14(12-5-2,13-6-3)9-7-8-10/h13H,4-12H2,1-3H3;1,6-8H2,2-5H3;4-10H2,1-3H3. The summed E-state index contributed by atoms with van der Waals surface area (Å²) >= 11 is 0. The van der Waals surface area contributed by atoms with E-state index in [0.29, 0.717) is 57.1 Å². The lowest BCUT2D eigenvalue weighted by atomic mass is 10.1. The molecule has 0 saturated carbocycles. The van der Waals surface area contributed by atoms with E-state index in [9.17, 15) is 4.79 Å². The summed E-state index contributed by atoms with van der Waals surface area (Å²) in [5, 5.41) is -0.228. The van der Waals surface area contributed by atoms with E-state index in [2.05, 4.69) is 6.58 Å². The summed E-state index contributed by atoms with van der Waals surface area (Å²) in [4.78, 5) is 11.1. The summed E-state index contributed by atoms with van der Waals surface area (Å²) in [7, 11) is 2.80. The van der Waals surface area contributed by atoms with Crippen molar-refractivity contribution >= 4 is 32.1 Å². The number of methoxy groups -OCH3 is 1. The second-order valence-corrected chi connectivity index (χ2v) is 21.4. The van der Waals surface area contributed by atoms with E-state index in [1.54, 1.807) is 49.6 Å². The van der Waals surface area contributed by atoms with Crippen molar-refractivity contribution in [2.75, 3.05) is 95.5 Å². The van der Waals surface area contributed by atoms with Crippen LogP contribution in [-0.2, 0) is 59.2 Å². The molecule has 0 bridgehead atoms. The summed E-state index contributed by atoms with van der Waals surface area (Å²) in [5.41, 5.74) is 5.88. The highest BCUT2D eigenvalue weighted by atomic mass is 28.4. The number of carbonyl (C=O) groups excluding carboxylic acids is 1. The van der Waals surface area contributed by atoms with Gasteiger partial charge in [-0.05, 0) is 72.4 Å². The van der Waals surface area contributed by atoms with Gasteiger partial charge in [-0.1, -0.05) is 19.4 Å². The van der Waals surface area contributed by atoms with Crippen LogP contribution in [0.25, 0.3) is 0 Å². The SMILES string of the molecule is C=C(C)C(=O)OCCC[Si](OC)(OC)OC.CCO[Si](CCCN)(OCC)OCC.COC1(CCCOCC2CO2)CCCC[Si]1(OC)OC. The molecular formula is C33H71NO13Si3. The first-order chi connectivity index (χ1) is 24.0. The van der Waals surface area contributed by atoms with Crippen LogP contribution in [0.1, 0.15) is 72.6 Å². The third kappa shape index (κ3) is 17.5. The quantitative estimate of drug-likeness (QED) is 0.0421. The van der Waals surface area contributed by atoms with Crippen LogP contribution in [0.3, 0.4) is 0 Å². The number of esters is 1. The molecule has 0 aromatic rings. The zero-order valence-electron chi connectivity index (χ0n) is 32.9. The maximum atomic E-state index is 11.1. The van der Waals surface area contributed by atoms with E-state index in [-0.39, 0.29) is 11.2 Å². The van der Waals surface area contributed by atoms with Gasteiger partial charge in [-0.25, -0.2) is 4.79 Å². The Bertz CT molecular complexity index is 855. The number of hydrogen-bond acceptors (Lipinski definition) is 14. The van der Waals surface area contributed by atoms with Gasteiger partial charge in [0, 0.05) is 86.7 Å². The minimum Gasteiger partial charge on any atom is -0.462 e. The molecule has 2 fully saturated rings. The Balaban J connectivity index is 0.000000736. The minimum atomic E-state index is -2.53. The van der Waals surface area contributed by atoms with Crippen molar-refractivity contribution in [1.82, 2.24) is 0 Å². The van der Waals surface area contributed by atoms with Gasteiger partial charge in [-0.2, -0.15) is 0 Å². The Hall–Kier alpha value is -0.619. The molecule has 0 aromatic carbocycles. The second kappa shape index (κ2) is 27.9.